The molecule has 2 rings (SSSR count). The van der Waals surface area contributed by atoms with E-state index in [2.05, 4.69) is 15.4 Å². The Morgan fingerprint density at radius 1 is 1.19 bits per heavy atom. The van der Waals surface area contributed by atoms with Gasteiger partial charge in [-0.25, -0.2) is 13.1 Å². The van der Waals surface area contributed by atoms with Gasteiger partial charge in [0.15, 0.2) is 0 Å². The van der Waals surface area contributed by atoms with Crippen LogP contribution >= 0.6 is 0 Å². The fourth-order valence-corrected chi connectivity index (χ4v) is 3.66. The Hall–Kier alpha value is -1.60. The van der Waals surface area contributed by atoms with Crippen LogP contribution < -0.4 is 15.4 Å². The second-order valence-electron chi connectivity index (χ2n) is 5.11. The van der Waals surface area contributed by atoms with E-state index in [-0.39, 0.29) is 22.8 Å². The summed E-state index contributed by atoms with van der Waals surface area (Å²) in [6.07, 6.45) is 2.63. The van der Waals surface area contributed by atoms with E-state index in [4.69, 9.17) is 0 Å². The van der Waals surface area contributed by atoms with Gasteiger partial charge in [-0.05, 0) is 32.0 Å². The van der Waals surface area contributed by atoms with Crippen LogP contribution in [-0.4, -0.2) is 34.5 Å². The molecule has 7 heteroatoms. The largest absolute Gasteiger partial charge is 0.380 e. The lowest BCUT2D eigenvalue weighted by molar-refractivity contribution is -0.124. The summed E-state index contributed by atoms with van der Waals surface area (Å²) >= 11 is 0. The Bertz CT molecular complexity index is 616. The molecule has 0 radical (unpaired) electrons. The van der Waals surface area contributed by atoms with E-state index in [0.29, 0.717) is 5.69 Å². The van der Waals surface area contributed by atoms with Gasteiger partial charge in [0.05, 0.1) is 11.6 Å². The number of hydrogen-bond acceptors (Lipinski definition) is 4. The lowest BCUT2D eigenvalue weighted by Gasteiger charge is -2.22. The standard InChI is InChI=1S/C14H21N3O3S/c1-15-14(18)10-6-5-8-11(10)17-12-7-3-4-9-13(12)21(19,20)16-2/h3-4,7,9-11,16-17H,5-6,8H2,1-2H3,(H,15,18). The zero-order valence-electron chi connectivity index (χ0n) is 12.2. The minimum Gasteiger partial charge on any atom is -0.380 e. The Labute approximate surface area is 125 Å². The lowest BCUT2D eigenvalue weighted by atomic mass is 10.0. The zero-order chi connectivity index (χ0) is 15.5. The molecular weight excluding hydrogens is 290 g/mol. The first-order chi connectivity index (χ1) is 9.99. The minimum absolute atomic E-state index is 0.000968. The molecule has 116 valence electrons. The van der Waals surface area contributed by atoms with E-state index in [9.17, 15) is 13.2 Å². The van der Waals surface area contributed by atoms with Crippen molar-refractivity contribution in [3.8, 4) is 0 Å². The summed E-state index contributed by atoms with van der Waals surface area (Å²) in [5, 5.41) is 5.90. The average molecular weight is 311 g/mol. The van der Waals surface area contributed by atoms with E-state index in [1.807, 2.05) is 0 Å². The maximum absolute atomic E-state index is 12.0. The van der Waals surface area contributed by atoms with Crippen molar-refractivity contribution in [2.75, 3.05) is 19.4 Å². The first kappa shape index (κ1) is 15.8. The molecule has 3 N–H and O–H groups in total. The van der Waals surface area contributed by atoms with Crippen LogP contribution in [0.2, 0.25) is 0 Å². The first-order valence-electron chi connectivity index (χ1n) is 7.00. The van der Waals surface area contributed by atoms with Gasteiger partial charge in [0.2, 0.25) is 15.9 Å². The van der Waals surface area contributed by atoms with Gasteiger partial charge in [-0.3, -0.25) is 4.79 Å². The predicted octanol–water partition coefficient (Wildman–Crippen LogP) is 0.921. The molecule has 1 aliphatic rings. The molecular formula is C14H21N3O3S. The molecule has 0 spiro atoms. The molecule has 0 heterocycles. The van der Waals surface area contributed by atoms with Gasteiger partial charge in [-0.1, -0.05) is 18.6 Å². The molecule has 1 fully saturated rings. The third-order valence-electron chi connectivity index (χ3n) is 3.89. The Morgan fingerprint density at radius 2 is 1.90 bits per heavy atom. The van der Waals surface area contributed by atoms with Crippen molar-refractivity contribution in [3.63, 3.8) is 0 Å². The van der Waals surface area contributed by atoms with Crippen molar-refractivity contribution in [1.29, 1.82) is 0 Å². The number of benzene rings is 1. The summed E-state index contributed by atoms with van der Waals surface area (Å²) < 4.78 is 26.4. The highest BCUT2D eigenvalue weighted by Crippen LogP contribution is 2.31. The Morgan fingerprint density at radius 3 is 2.57 bits per heavy atom. The second kappa shape index (κ2) is 6.44. The molecule has 0 bridgehead atoms. The maximum atomic E-state index is 12.0. The van der Waals surface area contributed by atoms with Gasteiger partial charge in [-0.2, -0.15) is 0 Å². The summed E-state index contributed by atoms with van der Waals surface area (Å²) in [6.45, 7) is 0. The number of amides is 1. The third kappa shape index (κ3) is 3.36. The van der Waals surface area contributed by atoms with Crippen molar-refractivity contribution in [3.05, 3.63) is 24.3 Å². The molecule has 0 aliphatic heterocycles. The fourth-order valence-electron chi connectivity index (χ4n) is 2.76. The van der Waals surface area contributed by atoms with Crippen LogP contribution in [0.15, 0.2) is 29.2 Å². The van der Waals surface area contributed by atoms with Crippen LogP contribution in [0.4, 0.5) is 5.69 Å². The lowest BCUT2D eigenvalue weighted by Crippen LogP contribution is -2.36. The van der Waals surface area contributed by atoms with Gasteiger partial charge in [0, 0.05) is 13.1 Å². The quantitative estimate of drug-likeness (QED) is 0.754. The first-order valence-corrected chi connectivity index (χ1v) is 8.48. The summed E-state index contributed by atoms with van der Waals surface area (Å²) in [5.74, 6) is -0.126. The highest BCUT2D eigenvalue weighted by molar-refractivity contribution is 7.89. The normalized spacial score (nSPS) is 22.0. The summed E-state index contributed by atoms with van der Waals surface area (Å²) in [6, 6.07) is 6.70. The highest BCUT2D eigenvalue weighted by atomic mass is 32.2. The smallest absolute Gasteiger partial charge is 0.242 e. The van der Waals surface area contributed by atoms with Gasteiger partial charge >= 0.3 is 0 Å². The molecule has 1 aromatic rings. The fraction of sp³-hybridized carbons (Fsp3) is 0.500. The Balaban J connectivity index is 2.26. The molecule has 2 unspecified atom stereocenters. The molecule has 1 saturated carbocycles. The SMILES string of the molecule is CNC(=O)C1CCCC1Nc1ccccc1S(=O)(=O)NC. The number of sulfonamides is 1. The molecule has 0 aromatic heterocycles. The molecule has 21 heavy (non-hydrogen) atoms. The zero-order valence-corrected chi connectivity index (χ0v) is 13.0. The van der Waals surface area contributed by atoms with E-state index < -0.39 is 10.0 Å². The van der Waals surface area contributed by atoms with Crippen molar-refractivity contribution < 1.29 is 13.2 Å². The van der Waals surface area contributed by atoms with Gasteiger partial charge in [-0.15, -0.1) is 0 Å². The Kier molecular flexibility index (Phi) is 4.84. The molecule has 1 aromatic carbocycles. The number of nitrogens with one attached hydrogen (secondary N) is 3. The molecule has 0 saturated heterocycles. The van der Waals surface area contributed by atoms with Crippen molar-refractivity contribution in [2.24, 2.45) is 5.92 Å². The topological polar surface area (TPSA) is 87.3 Å². The number of para-hydroxylation sites is 1. The number of rotatable bonds is 5. The summed E-state index contributed by atoms with van der Waals surface area (Å²) in [5.41, 5.74) is 0.535. The predicted molar refractivity (Wildman–Crippen MR) is 81.5 cm³/mol. The highest BCUT2D eigenvalue weighted by Gasteiger charge is 2.33. The maximum Gasteiger partial charge on any atom is 0.242 e. The second-order valence-corrected chi connectivity index (χ2v) is 6.96. The van der Waals surface area contributed by atoms with Crippen LogP contribution in [0.25, 0.3) is 0 Å². The van der Waals surface area contributed by atoms with E-state index in [0.717, 1.165) is 19.3 Å². The van der Waals surface area contributed by atoms with E-state index in [1.54, 1.807) is 31.3 Å². The van der Waals surface area contributed by atoms with E-state index >= 15 is 0 Å². The van der Waals surface area contributed by atoms with Gasteiger partial charge in [0.25, 0.3) is 0 Å². The summed E-state index contributed by atoms with van der Waals surface area (Å²) in [4.78, 5) is 12.1. The minimum atomic E-state index is -3.53. The van der Waals surface area contributed by atoms with Crippen molar-refractivity contribution in [1.82, 2.24) is 10.0 Å². The number of anilines is 1. The van der Waals surface area contributed by atoms with Crippen LogP contribution in [0.1, 0.15) is 19.3 Å². The van der Waals surface area contributed by atoms with Crippen LogP contribution in [0, 0.1) is 5.92 Å². The van der Waals surface area contributed by atoms with E-state index in [1.165, 1.54) is 7.05 Å². The molecule has 6 nitrogen and oxygen atoms in total. The average Bonchev–Trinajstić information content (AvgIpc) is 2.95. The third-order valence-corrected chi connectivity index (χ3v) is 5.36. The van der Waals surface area contributed by atoms with Gasteiger partial charge in [0.1, 0.15) is 4.90 Å². The number of hydrogen-bond donors (Lipinski definition) is 3. The van der Waals surface area contributed by atoms with Crippen LogP contribution in [-0.2, 0) is 14.8 Å². The van der Waals surface area contributed by atoms with Crippen molar-refractivity contribution in [2.45, 2.75) is 30.2 Å². The van der Waals surface area contributed by atoms with Gasteiger partial charge < -0.3 is 10.6 Å². The monoisotopic (exact) mass is 311 g/mol. The molecule has 2 atom stereocenters. The number of carbonyl (C=O) groups is 1. The van der Waals surface area contributed by atoms with Crippen LogP contribution in [0.3, 0.4) is 0 Å². The van der Waals surface area contributed by atoms with Crippen LogP contribution in [0.5, 0.6) is 0 Å². The molecule has 1 amide bonds. The molecule has 1 aliphatic carbocycles. The number of carbonyl (C=O) groups excluding carboxylic acids is 1. The summed E-state index contributed by atoms with van der Waals surface area (Å²) in [7, 11) is -0.521. The van der Waals surface area contributed by atoms with Crippen molar-refractivity contribution >= 4 is 21.6 Å².